The summed E-state index contributed by atoms with van der Waals surface area (Å²) in [6.45, 7) is 4.75. The van der Waals surface area contributed by atoms with Crippen molar-refractivity contribution in [2.24, 2.45) is 18.2 Å². The summed E-state index contributed by atoms with van der Waals surface area (Å²) in [5, 5.41) is 8.72. The Bertz CT molecular complexity index is 1120. The van der Waals surface area contributed by atoms with Crippen molar-refractivity contribution in [2.75, 3.05) is 41.8 Å². The van der Waals surface area contributed by atoms with Crippen molar-refractivity contribution < 1.29 is 4.74 Å². The molecule has 0 aliphatic carbocycles. The van der Waals surface area contributed by atoms with E-state index in [0.29, 0.717) is 19.1 Å². The number of nitrogen functional groups attached to an aromatic ring is 1. The molecule has 32 heavy (non-hydrogen) atoms. The van der Waals surface area contributed by atoms with E-state index in [2.05, 4.69) is 14.9 Å². The summed E-state index contributed by atoms with van der Waals surface area (Å²) >= 11 is 0. The lowest BCUT2D eigenvalue weighted by Crippen LogP contribution is -2.51. The topological polar surface area (TPSA) is 139 Å². The maximum atomic E-state index is 13.3. The molecule has 0 saturated carbocycles. The van der Waals surface area contributed by atoms with E-state index < -0.39 is 0 Å². The molecule has 2 atom stereocenters. The Morgan fingerprint density at radius 2 is 2.06 bits per heavy atom. The number of nitrogens with one attached hydrogen (secondary N) is 1. The van der Waals surface area contributed by atoms with Crippen LogP contribution in [0.4, 0.5) is 17.5 Å². The minimum absolute atomic E-state index is 0.0143. The van der Waals surface area contributed by atoms with Gasteiger partial charge in [0.1, 0.15) is 17.2 Å². The van der Waals surface area contributed by atoms with Crippen LogP contribution >= 0.6 is 0 Å². The van der Waals surface area contributed by atoms with Crippen LogP contribution in [0.15, 0.2) is 23.1 Å². The van der Waals surface area contributed by atoms with Crippen molar-refractivity contribution in [1.29, 1.82) is 5.41 Å². The molecule has 2 aromatic rings. The molecule has 10 nitrogen and oxygen atoms in total. The predicted octanol–water partition coefficient (Wildman–Crippen LogP) is 0.478. The molecule has 170 valence electrons. The number of fused-ring (bicyclic) bond motifs is 1. The summed E-state index contributed by atoms with van der Waals surface area (Å²) in [6, 6.07) is 3.76. The van der Waals surface area contributed by atoms with Crippen LogP contribution in [-0.4, -0.2) is 58.8 Å². The summed E-state index contributed by atoms with van der Waals surface area (Å²) in [4.78, 5) is 26.1. The largest absolute Gasteiger partial charge is 0.383 e. The van der Waals surface area contributed by atoms with Gasteiger partial charge >= 0.3 is 0 Å². The van der Waals surface area contributed by atoms with Crippen LogP contribution in [0.2, 0.25) is 0 Å². The molecule has 2 aromatic heterocycles. The van der Waals surface area contributed by atoms with Crippen molar-refractivity contribution in [1.82, 2.24) is 14.5 Å². The number of anilines is 3. The highest BCUT2D eigenvalue weighted by Crippen LogP contribution is 2.41. The highest BCUT2D eigenvalue weighted by molar-refractivity contribution is 6.11. The predicted molar refractivity (Wildman–Crippen MR) is 123 cm³/mol. The fraction of sp³-hybridized carbons (Fsp3) is 0.545. The number of hydrogen-bond donors (Lipinski definition) is 3. The third kappa shape index (κ3) is 3.08. The first-order valence-corrected chi connectivity index (χ1v) is 11.1. The molecule has 2 fully saturated rings. The monoisotopic (exact) mass is 438 g/mol. The molecule has 0 unspecified atom stereocenters. The fourth-order valence-corrected chi connectivity index (χ4v) is 5.31. The molecule has 1 spiro atoms. The zero-order chi connectivity index (χ0) is 22.6. The Morgan fingerprint density at radius 1 is 1.31 bits per heavy atom. The van der Waals surface area contributed by atoms with E-state index in [1.165, 1.54) is 4.57 Å². The third-order valence-corrected chi connectivity index (χ3v) is 7.42. The quantitative estimate of drug-likeness (QED) is 0.454. The van der Waals surface area contributed by atoms with Gasteiger partial charge in [0.25, 0.3) is 5.56 Å². The average molecular weight is 439 g/mol. The fourth-order valence-electron chi connectivity index (χ4n) is 5.31. The Balaban J connectivity index is 1.41. The molecule has 2 saturated heterocycles. The normalized spacial score (nSPS) is 24.2. The summed E-state index contributed by atoms with van der Waals surface area (Å²) in [5.74, 6) is 0.678. The SMILES string of the molecule is C[C@@H]1OCC2(CCN(c3nc(N)c(C(=N)N4CCc5ncccc54)c(=O)n3C)CC2)[C@@H]1N. The van der Waals surface area contributed by atoms with Gasteiger partial charge < -0.3 is 26.0 Å². The van der Waals surface area contributed by atoms with E-state index in [1.807, 2.05) is 19.1 Å². The van der Waals surface area contributed by atoms with Gasteiger partial charge in [-0.15, -0.1) is 0 Å². The maximum Gasteiger partial charge on any atom is 0.267 e. The molecule has 10 heteroatoms. The van der Waals surface area contributed by atoms with Gasteiger partial charge in [0.2, 0.25) is 5.95 Å². The highest BCUT2D eigenvalue weighted by Gasteiger charge is 2.48. The summed E-state index contributed by atoms with van der Waals surface area (Å²) in [5.41, 5.74) is 14.3. The third-order valence-electron chi connectivity index (χ3n) is 7.42. The molecule has 0 amide bonds. The number of hydrogen-bond acceptors (Lipinski definition) is 8. The lowest BCUT2D eigenvalue weighted by atomic mass is 9.73. The lowest BCUT2D eigenvalue weighted by Gasteiger charge is -2.41. The zero-order valence-corrected chi connectivity index (χ0v) is 18.5. The van der Waals surface area contributed by atoms with Crippen molar-refractivity contribution >= 4 is 23.3 Å². The minimum atomic E-state index is -0.315. The number of pyridine rings is 1. The summed E-state index contributed by atoms with van der Waals surface area (Å²) in [6.07, 6.45) is 4.29. The van der Waals surface area contributed by atoms with Gasteiger partial charge in [0.15, 0.2) is 0 Å². The molecule has 0 radical (unpaired) electrons. The second kappa shape index (κ2) is 7.56. The molecule has 0 aromatic carbocycles. The van der Waals surface area contributed by atoms with Crippen molar-refractivity contribution in [3.8, 4) is 0 Å². The van der Waals surface area contributed by atoms with Gasteiger partial charge in [-0.3, -0.25) is 19.8 Å². The highest BCUT2D eigenvalue weighted by atomic mass is 16.5. The van der Waals surface area contributed by atoms with Crippen LogP contribution in [0.5, 0.6) is 0 Å². The second-order valence-corrected chi connectivity index (χ2v) is 9.15. The van der Waals surface area contributed by atoms with Crippen LogP contribution in [0, 0.1) is 10.8 Å². The number of piperidine rings is 1. The van der Waals surface area contributed by atoms with Crippen molar-refractivity contribution in [3.05, 3.63) is 39.9 Å². The molecule has 0 bridgehead atoms. The molecule has 5 N–H and O–H groups in total. The van der Waals surface area contributed by atoms with E-state index >= 15 is 0 Å². The van der Waals surface area contributed by atoms with Crippen LogP contribution < -0.4 is 26.8 Å². The number of amidine groups is 1. The van der Waals surface area contributed by atoms with Crippen molar-refractivity contribution in [2.45, 2.75) is 38.3 Å². The Kier molecular flexibility index (Phi) is 4.94. The first kappa shape index (κ1) is 20.9. The van der Waals surface area contributed by atoms with E-state index in [1.54, 1.807) is 18.1 Å². The Morgan fingerprint density at radius 3 is 2.75 bits per heavy atom. The van der Waals surface area contributed by atoms with Crippen LogP contribution in [0.25, 0.3) is 0 Å². The van der Waals surface area contributed by atoms with E-state index in [0.717, 1.165) is 43.7 Å². The van der Waals surface area contributed by atoms with E-state index in [-0.39, 0.29) is 40.3 Å². The second-order valence-electron chi connectivity index (χ2n) is 9.15. The van der Waals surface area contributed by atoms with Gasteiger partial charge in [-0.1, -0.05) is 0 Å². The van der Waals surface area contributed by atoms with Crippen LogP contribution in [0.1, 0.15) is 31.0 Å². The van der Waals surface area contributed by atoms with Crippen LogP contribution in [0.3, 0.4) is 0 Å². The number of nitrogens with zero attached hydrogens (tertiary/aromatic N) is 5. The van der Waals surface area contributed by atoms with Gasteiger partial charge in [-0.25, -0.2) is 0 Å². The van der Waals surface area contributed by atoms with E-state index in [4.69, 9.17) is 21.6 Å². The number of rotatable bonds is 2. The number of ether oxygens (including phenoxy) is 1. The number of nitrogens with two attached hydrogens (primary N) is 2. The molecular formula is C22H30N8O2. The minimum Gasteiger partial charge on any atom is -0.383 e. The standard InChI is InChI=1S/C22H30N8O2/c1-13-17(23)22(12-32-13)6-10-29(11-7-22)21-27-18(24)16(20(31)28(21)2)19(25)30-9-5-14-15(30)4-3-8-26-14/h3-4,8,13,17,25H,5-7,9-12,23-24H2,1-2H3/t13-,17+/m0/s1. The summed E-state index contributed by atoms with van der Waals surface area (Å²) in [7, 11) is 1.69. The van der Waals surface area contributed by atoms with Gasteiger partial charge in [-0.2, -0.15) is 4.98 Å². The number of aromatic nitrogens is 3. The first-order valence-electron chi connectivity index (χ1n) is 11.1. The van der Waals surface area contributed by atoms with Crippen LogP contribution in [-0.2, 0) is 18.2 Å². The zero-order valence-electron chi connectivity index (χ0n) is 18.5. The Hall–Kier alpha value is -2.98. The molecule has 3 aliphatic heterocycles. The lowest BCUT2D eigenvalue weighted by molar-refractivity contribution is 0.0973. The Labute approximate surface area is 186 Å². The first-order chi connectivity index (χ1) is 15.3. The average Bonchev–Trinajstić information content (AvgIpc) is 3.34. The molecular weight excluding hydrogens is 408 g/mol. The van der Waals surface area contributed by atoms with Crippen molar-refractivity contribution in [3.63, 3.8) is 0 Å². The van der Waals surface area contributed by atoms with E-state index in [9.17, 15) is 4.79 Å². The van der Waals surface area contributed by atoms with Gasteiger partial charge in [0, 0.05) is 50.8 Å². The summed E-state index contributed by atoms with van der Waals surface area (Å²) < 4.78 is 7.32. The molecule has 5 rings (SSSR count). The molecule has 3 aliphatic rings. The smallest absolute Gasteiger partial charge is 0.267 e. The molecule has 5 heterocycles. The maximum absolute atomic E-state index is 13.3. The van der Waals surface area contributed by atoms with Gasteiger partial charge in [0.05, 0.1) is 24.1 Å². The van der Waals surface area contributed by atoms with Gasteiger partial charge in [-0.05, 0) is 31.9 Å².